The summed E-state index contributed by atoms with van der Waals surface area (Å²) < 4.78 is 5.89. The molecule has 3 rings (SSSR count). The van der Waals surface area contributed by atoms with E-state index in [1.807, 2.05) is 12.1 Å². The van der Waals surface area contributed by atoms with Crippen molar-refractivity contribution in [2.45, 2.75) is 25.0 Å². The van der Waals surface area contributed by atoms with Crippen molar-refractivity contribution >= 4 is 17.3 Å². The fourth-order valence-electron chi connectivity index (χ4n) is 2.75. The van der Waals surface area contributed by atoms with Gasteiger partial charge in [-0.15, -0.1) is 0 Å². The van der Waals surface area contributed by atoms with Gasteiger partial charge in [-0.3, -0.25) is 4.90 Å². The van der Waals surface area contributed by atoms with Crippen LogP contribution in [0, 0.1) is 0 Å². The summed E-state index contributed by atoms with van der Waals surface area (Å²) in [6.45, 7) is 3.97. The highest BCUT2D eigenvalue weighted by Crippen LogP contribution is 2.22. The fraction of sp³-hybridized carbons (Fsp3) is 0.615. The highest BCUT2D eigenvalue weighted by Gasteiger charge is 2.31. The van der Waals surface area contributed by atoms with Crippen molar-refractivity contribution in [3.05, 3.63) is 23.5 Å². The van der Waals surface area contributed by atoms with Crippen molar-refractivity contribution in [2.75, 3.05) is 31.6 Å². The molecule has 2 fully saturated rings. The van der Waals surface area contributed by atoms with Crippen LogP contribution < -0.4 is 5.32 Å². The molecule has 0 amide bonds. The van der Waals surface area contributed by atoms with Gasteiger partial charge in [0.25, 0.3) is 0 Å². The molecule has 2 saturated heterocycles. The van der Waals surface area contributed by atoms with E-state index in [-0.39, 0.29) is 6.10 Å². The van der Waals surface area contributed by atoms with Gasteiger partial charge in [-0.05, 0) is 31.5 Å². The summed E-state index contributed by atoms with van der Waals surface area (Å²) >= 11 is 5.85. The lowest BCUT2D eigenvalue weighted by molar-refractivity contribution is -0.0415. The molecule has 0 radical (unpaired) electrons. The molecule has 0 aromatic carbocycles. The molecule has 2 unspecified atom stereocenters. The Bertz CT molecular complexity index is 415. The molecular formula is C13H18ClN3O. The number of hydrogen-bond donors (Lipinski definition) is 1. The van der Waals surface area contributed by atoms with Crippen LogP contribution in [-0.4, -0.2) is 48.3 Å². The van der Waals surface area contributed by atoms with Crippen LogP contribution in [0.4, 0.5) is 5.69 Å². The summed E-state index contributed by atoms with van der Waals surface area (Å²) in [5.41, 5.74) is 1.00. The smallest absolute Gasteiger partial charge is 0.131 e. The van der Waals surface area contributed by atoms with Crippen LogP contribution in [-0.2, 0) is 4.74 Å². The van der Waals surface area contributed by atoms with Crippen molar-refractivity contribution in [3.8, 4) is 0 Å². The zero-order valence-electron chi connectivity index (χ0n) is 10.3. The van der Waals surface area contributed by atoms with Gasteiger partial charge >= 0.3 is 0 Å². The summed E-state index contributed by atoms with van der Waals surface area (Å²) in [5, 5.41) is 3.88. The summed E-state index contributed by atoms with van der Waals surface area (Å²) in [4.78, 5) is 6.52. The molecule has 1 aromatic heterocycles. The van der Waals surface area contributed by atoms with Gasteiger partial charge < -0.3 is 10.1 Å². The molecule has 3 heterocycles. The number of ether oxygens (including phenoxy) is 1. The number of anilines is 1. The van der Waals surface area contributed by atoms with Crippen LogP contribution in [0.1, 0.15) is 12.8 Å². The molecule has 0 saturated carbocycles. The van der Waals surface area contributed by atoms with E-state index in [0.717, 1.165) is 25.4 Å². The molecule has 98 valence electrons. The zero-order valence-corrected chi connectivity index (χ0v) is 11.1. The first-order chi connectivity index (χ1) is 8.81. The third-order valence-corrected chi connectivity index (χ3v) is 3.93. The predicted octanol–water partition coefficient (Wildman–Crippen LogP) is 2.01. The van der Waals surface area contributed by atoms with Gasteiger partial charge in [-0.1, -0.05) is 11.6 Å². The largest absolute Gasteiger partial charge is 0.382 e. The second kappa shape index (κ2) is 5.43. The van der Waals surface area contributed by atoms with Crippen molar-refractivity contribution in [3.63, 3.8) is 0 Å². The minimum Gasteiger partial charge on any atom is -0.382 e. The minimum absolute atomic E-state index is 0.270. The van der Waals surface area contributed by atoms with E-state index in [1.54, 1.807) is 6.20 Å². The Morgan fingerprint density at radius 2 is 2.50 bits per heavy atom. The van der Waals surface area contributed by atoms with Gasteiger partial charge in [0.1, 0.15) is 5.15 Å². The molecule has 2 aliphatic heterocycles. The van der Waals surface area contributed by atoms with Crippen LogP contribution in [0.5, 0.6) is 0 Å². The molecule has 0 bridgehead atoms. The molecule has 4 nitrogen and oxygen atoms in total. The van der Waals surface area contributed by atoms with E-state index < -0.39 is 0 Å². The fourth-order valence-corrected chi connectivity index (χ4v) is 2.93. The van der Waals surface area contributed by atoms with Gasteiger partial charge in [0.15, 0.2) is 0 Å². The highest BCUT2D eigenvalue weighted by molar-refractivity contribution is 6.29. The first kappa shape index (κ1) is 12.2. The number of morpholine rings is 1. The van der Waals surface area contributed by atoms with E-state index in [0.29, 0.717) is 11.2 Å². The lowest BCUT2D eigenvalue weighted by atomic mass is 10.2. The Morgan fingerprint density at radius 1 is 1.56 bits per heavy atom. The van der Waals surface area contributed by atoms with Gasteiger partial charge in [0.2, 0.25) is 0 Å². The van der Waals surface area contributed by atoms with Crippen LogP contribution in [0.25, 0.3) is 0 Å². The van der Waals surface area contributed by atoms with Crippen molar-refractivity contribution in [1.82, 2.24) is 9.88 Å². The Labute approximate surface area is 112 Å². The average molecular weight is 268 g/mol. The highest BCUT2D eigenvalue weighted by atomic mass is 35.5. The Kier molecular flexibility index (Phi) is 3.68. The summed E-state index contributed by atoms with van der Waals surface area (Å²) in [6.07, 6.45) is 4.59. The molecular weight excluding hydrogens is 250 g/mol. The van der Waals surface area contributed by atoms with Gasteiger partial charge in [-0.25, -0.2) is 4.98 Å². The zero-order chi connectivity index (χ0) is 12.4. The van der Waals surface area contributed by atoms with Crippen molar-refractivity contribution in [1.29, 1.82) is 0 Å². The number of hydrogen-bond acceptors (Lipinski definition) is 4. The molecule has 2 aliphatic rings. The Balaban J connectivity index is 1.51. The number of rotatable bonds is 3. The molecule has 0 aliphatic carbocycles. The predicted molar refractivity (Wildman–Crippen MR) is 72.1 cm³/mol. The van der Waals surface area contributed by atoms with Crippen molar-refractivity contribution in [2.24, 2.45) is 0 Å². The maximum atomic E-state index is 5.89. The number of halogens is 1. The normalized spacial score (nSPS) is 28.1. The number of pyridine rings is 1. The lowest BCUT2D eigenvalue weighted by Gasteiger charge is -2.35. The van der Waals surface area contributed by atoms with Gasteiger partial charge in [0.05, 0.1) is 12.7 Å². The van der Waals surface area contributed by atoms with Gasteiger partial charge in [0, 0.05) is 31.0 Å². The van der Waals surface area contributed by atoms with E-state index in [2.05, 4.69) is 15.2 Å². The third kappa shape index (κ3) is 2.76. The summed E-state index contributed by atoms with van der Waals surface area (Å²) in [7, 11) is 0. The van der Waals surface area contributed by atoms with E-state index in [4.69, 9.17) is 16.3 Å². The topological polar surface area (TPSA) is 37.4 Å². The number of aromatic nitrogens is 1. The third-order valence-electron chi connectivity index (χ3n) is 3.72. The summed E-state index contributed by atoms with van der Waals surface area (Å²) in [5.74, 6) is 0. The SMILES string of the molecule is Clc1cc(NCC2CN3CCCC3CO2)ccn1. The minimum atomic E-state index is 0.270. The van der Waals surface area contributed by atoms with Crippen LogP contribution >= 0.6 is 11.6 Å². The molecule has 1 aromatic rings. The molecule has 0 spiro atoms. The number of nitrogens with one attached hydrogen (secondary N) is 1. The quantitative estimate of drug-likeness (QED) is 0.851. The maximum Gasteiger partial charge on any atom is 0.131 e. The summed E-state index contributed by atoms with van der Waals surface area (Å²) in [6, 6.07) is 4.42. The number of fused-ring (bicyclic) bond motifs is 1. The Hall–Kier alpha value is -0.840. The molecule has 1 N–H and O–H groups in total. The van der Waals surface area contributed by atoms with E-state index >= 15 is 0 Å². The van der Waals surface area contributed by atoms with Crippen LogP contribution in [0.15, 0.2) is 18.3 Å². The number of nitrogens with zero attached hydrogens (tertiary/aromatic N) is 2. The maximum absolute atomic E-state index is 5.89. The average Bonchev–Trinajstić information content (AvgIpc) is 2.84. The first-order valence-electron chi connectivity index (χ1n) is 6.52. The molecule has 2 atom stereocenters. The van der Waals surface area contributed by atoms with Gasteiger partial charge in [-0.2, -0.15) is 0 Å². The lowest BCUT2D eigenvalue weighted by Crippen LogP contribution is -2.48. The van der Waals surface area contributed by atoms with E-state index in [1.165, 1.54) is 19.4 Å². The van der Waals surface area contributed by atoms with Crippen molar-refractivity contribution < 1.29 is 4.74 Å². The second-order valence-electron chi connectivity index (χ2n) is 4.99. The van der Waals surface area contributed by atoms with Crippen LogP contribution in [0.3, 0.4) is 0 Å². The van der Waals surface area contributed by atoms with Crippen LogP contribution in [0.2, 0.25) is 5.15 Å². The first-order valence-corrected chi connectivity index (χ1v) is 6.90. The Morgan fingerprint density at radius 3 is 3.39 bits per heavy atom. The van der Waals surface area contributed by atoms with E-state index in [9.17, 15) is 0 Å². The standard InChI is InChI=1S/C13H18ClN3O/c14-13-6-10(3-4-15-13)16-7-12-8-17-5-1-2-11(17)9-18-12/h3-4,6,11-12H,1-2,5,7-9H2,(H,15,16). The monoisotopic (exact) mass is 267 g/mol. The second-order valence-corrected chi connectivity index (χ2v) is 5.38. The molecule has 18 heavy (non-hydrogen) atoms. The molecule has 5 heteroatoms.